The van der Waals surface area contributed by atoms with Crippen molar-refractivity contribution in [2.45, 2.75) is 31.2 Å². The van der Waals surface area contributed by atoms with E-state index < -0.39 is 0 Å². The lowest BCUT2D eigenvalue weighted by molar-refractivity contribution is -0.384. The van der Waals surface area contributed by atoms with Crippen LogP contribution in [0, 0.1) is 27.9 Å². The third kappa shape index (κ3) is 2.27. The second kappa shape index (κ2) is 5.46. The predicted molar refractivity (Wildman–Crippen MR) is 98.0 cm³/mol. The van der Waals surface area contributed by atoms with E-state index in [9.17, 15) is 10.1 Å². The second-order valence-electron chi connectivity index (χ2n) is 7.64. The monoisotopic (exact) mass is 354 g/mol. The summed E-state index contributed by atoms with van der Waals surface area (Å²) in [6.45, 7) is 0. The summed E-state index contributed by atoms with van der Waals surface area (Å²) in [7, 11) is 0. The molecule has 3 aliphatic rings. The third-order valence-corrected chi connectivity index (χ3v) is 6.72. The van der Waals surface area contributed by atoms with Gasteiger partial charge in [0, 0.05) is 22.8 Å². The number of nitrogens with zero attached hydrogens (tertiary/aromatic N) is 1. The topological polar surface area (TPSA) is 55.2 Å². The van der Waals surface area contributed by atoms with E-state index in [1.165, 1.54) is 24.8 Å². The van der Waals surface area contributed by atoms with Gasteiger partial charge in [-0.15, -0.1) is 0 Å². The molecule has 0 aromatic heterocycles. The second-order valence-corrected chi connectivity index (χ2v) is 8.08. The lowest BCUT2D eigenvalue weighted by atomic mass is 9.68. The third-order valence-electron chi connectivity index (χ3n) is 6.49. The molecular formula is C20H19ClN2O2. The van der Waals surface area contributed by atoms with Gasteiger partial charge < -0.3 is 5.32 Å². The minimum atomic E-state index is -0.286. The van der Waals surface area contributed by atoms with Gasteiger partial charge in [-0.3, -0.25) is 10.1 Å². The summed E-state index contributed by atoms with van der Waals surface area (Å²) in [4.78, 5) is 10.9. The zero-order valence-corrected chi connectivity index (χ0v) is 14.4. The maximum absolute atomic E-state index is 11.2. The molecule has 0 unspecified atom stereocenters. The van der Waals surface area contributed by atoms with Crippen molar-refractivity contribution in [3.63, 3.8) is 0 Å². The molecule has 2 fully saturated rings. The van der Waals surface area contributed by atoms with Crippen LogP contribution < -0.4 is 5.32 Å². The van der Waals surface area contributed by atoms with Crippen molar-refractivity contribution in [1.29, 1.82) is 0 Å². The van der Waals surface area contributed by atoms with Gasteiger partial charge >= 0.3 is 0 Å². The Balaban J connectivity index is 1.64. The van der Waals surface area contributed by atoms with E-state index >= 15 is 0 Å². The first-order chi connectivity index (χ1) is 12.1. The highest BCUT2D eigenvalue weighted by Gasteiger charge is 2.54. The van der Waals surface area contributed by atoms with Crippen molar-refractivity contribution in [2.75, 3.05) is 5.32 Å². The van der Waals surface area contributed by atoms with E-state index in [0.717, 1.165) is 16.3 Å². The highest BCUT2D eigenvalue weighted by atomic mass is 35.5. The van der Waals surface area contributed by atoms with Crippen LogP contribution in [0.25, 0.3) is 0 Å². The summed E-state index contributed by atoms with van der Waals surface area (Å²) >= 11 is 6.24. The zero-order chi connectivity index (χ0) is 17.1. The Morgan fingerprint density at radius 1 is 1.12 bits per heavy atom. The van der Waals surface area contributed by atoms with Gasteiger partial charge in [0.2, 0.25) is 0 Å². The lowest BCUT2D eigenvalue weighted by Crippen LogP contribution is -2.35. The number of nitro benzene ring substituents is 1. The Labute approximate surface area is 151 Å². The fourth-order valence-corrected chi connectivity index (χ4v) is 5.82. The van der Waals surface area contributed by atoms with E-state index in [0.29, 0.717) is 23.7 Å². The number of benzene rings is 2. The Morgan fingerprint density at radius 3 is 2.76 bits per heavy atom. The molecule has 2 aliphatic carbocycles. The predicted octanol–water partition coefficient (Wildman–Crippen LogP) is 5.54. The van der Waals surface area contributed by atoms with E-state index in [-0.39, 0.29) is 16.7 Å². The van der Waals surface area contributed by atoms with Gasteiger partial charge in [0.25, 0.3) is 5.69 Å². The molecule has 2 aromatic rings. The summed E-state index contributed by atoms with van der Waals surface area (Å²) in [5.74, 6) is 2.25. The smallest absolute Gasteiger partial charge is 0.269 e. The summed E-state index contributed by atoms with van der Waals surface area (Å²) in [6.07, 6.45) is 3.77. The van der Waals surface area contributed by atoms with Crippen LogP contribution in [0.15, 0.2) is 42.5 Å². The average Bonchev–Trinajstić information content (AvgIpc) is 3.22. The van der Waals surface area contributed by atoms with Gasteiger partial charge in [-0.2, -0.15) is 0 Å². The van der Waals surface area contributed by atoms with Crippen molar-refractivity contribution in [1.82, 2.24) is 0 Å². The Bertz CT molecular complexity index is 869. The van der Waals surface area contributed by atoms with Crippen LogP contribution >= 0.6 is 11.6 Å². The molecule has 25 heavy (non-hydrogen) atoms. The molecule has 0 saturated heterocycles. The fourth-order valence-electron chi connectivity index (χ4n) is 5.62. The van der Waals surface area contributed by atoms with Gasteiger partial charge in [-0.25, -0.2) is 0 Å². The van der Waals surface area contributed by atoms with Crippen LogP contribution in [0.5, 0.6) is 0 Å². The summed E-state index contributed by atoms with van der Waals surface area (Å²) < 4.78 is 0. The fraction of sp³-hybridized carbons (Fsp3) is 0.400. The minimum Gasteiger partial charge on any atom is -0.378 e. The number of halogens is 1. The number of rotatable bonds is 2. The van der Waals surface area contributed by atoms with E-state index in [4.69, 9.17) is 11.6 Å². The summed E-state index contributed by atoms with van der Waals surface area (Å²) in [5.41, 5.74) is 3.61. The molecule has 128 valence electrons. The Morgan fingerprint density at radius 2 is 1.96 bits per heavy atom. The van der Waals surface area contributed by atoms with E-state index in [1.54, 1.807) is 12.1 Å². The molecule has 0 amide bonds. The molecule has 4 nitrogen and oxygen atoms in total. The molecule has 5 atom stereocenters. The molecule has 1 N–H and O–H groups in total. The summed E-state index contributed by atoms with van der Waals surface area (Å²) in [6, 6.07) is 13.6. The number of anilines is 1. The highest BCUT2D eigenvalue weighted by Crippen LogP contribution is 2.63. The quantitative estimate of drug-likeness (QED) is 0.568. The van der Waals surface area contributed by atoms with Gasteiger partial charge in [0.1, 0.15) is 0 Å². The summed E-state index contributed by atoms with van der Waals surface area (Å²) in [5, 5.41) is 15.7. The van der Waals surface area contributed by atoms with Crippen LogP contribution in [0.4, 0.5) is 11.4 Å². The number of hydrogen-bond donors (Lipinski definition) is 1. The van der Waals surface area contributed by atoms with Crippen LogP contribution in [0.3, 0.4) is 0 Å². The number of nitrogens with one attached hydrogen (secondary N) is 1. The van der Waals surface area contributed by atoms with Crippen molar-refractivity contribution in [3.05, 3.63) is 68.7 Å². The average molecular weight is 355 g/mol. The molecule has 5 rings (SSSR count). The molecule has 2 aromatic carbocycles. The standard InChI is InChI=1S/C20H19ClN2O2/c21-14-3-1-2-13(9-14)20-19-12-5-4-11(8-12)18(19)16-10-15(23(24)25)6-7-17(16)22-20/h1-3,6-7,9-12,18-20,22H,4-5,8H2/t11-,12-,18-,19-,20-/m0/s1. The lowest BCUT2D eigenvalue weighted by Gasteiger charge is -2.43. The molecule has 0 spiro atoms. The Hall–Kier alpha value is -2.07. The molecule has 0 radical (unpaired) electrons. The molecular weight excluding hydrogens is 336 g/mol. The number of non-ortho nitro benzene ring substituents is 1. The van der Waals surface area contributed by atoms with Crippen LogP contribution in [-0.2, 0) is 0 Å². The SMILES string of the molecule is O=[N+]([O-])c1ccc2c(c1)[C@@H]1[C@H]3CC[C@@H](C3)[C@@H]1[C@H](c1cccc(Cl)c1)N2. The highest BCUT2D eigenvalue weighted by molar-refractivity contribution is 6.30. The van der Waals surface area contributed by atoms with Crippen molar-refractivity contribution in [2.24, 2.45) is 17.8 Å². The first kappa shape index (κ1) is 15.2. The molecule has 2 saturated carbocycles. The van der Waals surface area contributed by atoms with Gasteiger partial charge in [0.05, 0.1) is 11.0 Å². The normalized spacial score (nSPS) is 32.0. The molecule has 5 heteroatoms. The van der Waals surface area contributed by atoms with E-state index in [1.807, 2.05) is 18.2 Å². The first-order valence-electron chi connectivity index (χ1n) is 8.92. The van der Waals surface area contributed by atoms with Gasteiger partial charge in [0.15, 0.2) is 0 Å². The van der Waals surface area contributed by atoms with Crippen molar-refractivity contribution >= 4 is 23.0 Å². The van der Waals surface area contributed by atoms with Crippen LogP contribution in [0.2, 0.25) is 5.02 Å². The largest absolute Gasteiger partial charge is 0.378 e. The zero-order valence-electron chi connectivity index (χ0n) is 13.7. The number of hydrogen-bond acceptors (Lipinski definition) is 3. The molecule has 2 bridgehead atoms. The maximum Gasteiger partial charge on any atom is 0.269 e. The number of fused-ring (bicyclic) bond motifs is 7. The number of nitro groups is 1. The minimum absolute atomic E-state index is 0.197. The molecule has 1 aliphatic heterocycles. The molecule has 1 heterocycles. The Kier molecular flexibility index (Phi) is 3.32. The van der Waals surface area contributed by atoms with Crippen LogP contribution in [0.1, 0.15) is 42.3 Å². The maximum atomic E-state index is 11.2. The van der Waals surface area contributed by atoms with Crippen molar-refractivity contribution < 1.29 is 4.92 Å². The van der Waals surface area contributed by atoms with E-state index in [2.05, 4.69) is 17.4 Å². The first-order valence-corrected chi connectivity index (χ1v) is 9.30. The van der Waals surface area contributed by atoms with Gasteiger partial charge in [-0.1, -0.05) is 23.7 Å². The van der Waals surface area contributed by atoms with Gasteiger partial charge in [-0.05, 0) is 72.3 Å². The van der Waals surface area contributed by atoms with Crippen LogP contribution in [-0.4, -0.2) is 4.92 Å². The van der Waals surface area contributed by atoms with Crippen molar-refractivity contribution in [3.8, 4) is 0 Å².